The van der Waals surface area contributed by atoms with Crippen LogP contribution in [0.3, 0.4) is 0 Å². The maximum atomic E-state index is 12.3. The number of sulfone groups is 1. The molecule has 3 aromatic heterocycles. The van der Waals surface area contributed by atoms with E-state index in [4.69, 9.17) is 4.42 Å². The molecule has 0 radical (unpaired) electrons. The highest BCUT2D eigenvalue weighted by molar-refractivity contribution is 7.92. The minimum Gasteiger partial charge on any atom is -0.414 e. The minimum atomic E-state index is -3.36. The lowest BCUT2D eigenvalue weighted by Gasteiger charge is -2.08. The van der Waals surface area contributed by atoms with E-state index in [9.17, 15) is 17.2 Å². The summed E-state index contributed by atoms with van der Waals surface area (Å²) in [5.74, 6) is 0.463. The van der Waals surface area contributed by atoms with Gasteiger partial charge in [-0.1, -0.05) is 12.1 Å². The van der Waals surface area contributed by atoms with E-state index < -0.39 is 21.5 Å². The number of alkyl halides is 2. The molecule has 0 atom stereocenters. The summed E-state index contributed by atoms with van der Waals surface area (Å²) >= 11 is 1.36. The molecule has 1 N–H and O–H groups in total. The van der Waals surface area contributed by atoms with E-state index in [-0.39, 0.29) is 23.2 Å². The third kappa shape index (κ3) is 5.34. The number of nitrogens with zero attached hydrogens (tertiary/aromatic N) is 4. The number of thiophene rings is 1. The number of benzene rings is 1. The van der Waals surface area contributed by atoms with E-state index >= 15 is 0 Å². The molecule has 0 saturated heterocycles. The molecular weight excluding hydrogens is 484 g/mol. The minimum absolute atomic E-state index is 0.175. The van der Waals surface area contributed by atoms with E-state index in [0.29, 0.717) is 28.4 Å². The summed E-state index contributed by atoms with van der Waals surface area (Å²) in [7, 11) is -3.36. The second-order valence-corrected chi connectivity index (χ2v) is 11.3. The Morgan fingerprint density at radius 3 is 2.41 bits per heavy atom. The van der Waals surface area contributed by atoms with Gasteiger partial charge in [0, 0.05) is 17.0 Å². The molecule has 1 aromatic carbocycles. The van der Waals surface area contributed by atoms with Crippen LogP contribution in [0.2, 0.25) is 0 Å². The largest absolute Gasteiger partial charge is 0.414 e. The molecule has 34 heavy (non-hydrogen) atoms. The second-order valence-electron chi connectivity index (χ2n) is 7.61. The molecule has 4 aromatic rings. The van der Waals surface area contributed by atoms with Crippen molar-refractivity contribution in [3.8, 4) is 33.6 Å². The number of nitrogens with one attached hydrogen (secondary N) is 1. The van der Waals surface area contributed by atoms with Gasteiger partial charge in [0.15, 0.2) is 9.84 Å². The molecule has 0 aliphatic carbocycles. The third-order valence-electron chi connectivity index (χ3n) is 4.85. The third-order valence-corrected chi connectivity index (χ3v) is 8.09. The lowest BCUT2D eigenvalue weighted by Crippen LogP contribution is -2.19. The summed E-state index contributed by atoms with van der Waals surface area (Å²) in [6.07, 6.45) is 0.651. The number of halogens is 2. The van der Waals surface area contributed by atoms with Crippen LogP contribution in [0.15, 0.2) is 58.1 Å². The molecule has 0 aliphatic heterocycles. The Hall–Kier alpha value is -3.09. The van der Waals surface area contributed by atoms with Crippen molar-refractivity contribution < 1.29 is 21.6 Å². The first-order valence-corrected chi connectivity index (χ1v) is 12.7. The number of aromatic nitrogens is 4. The van der Waals surface area contributed by atoms with Crippen LogP contribution in [0.4, 0.5) is 8.78 Å². The average Bonchev–Trinajstić information content (AvgIpc) is 3.49. The summed E-state index contributed by atoms with van der Waals surface area (Å²) in [4.78, 5) is 10.5. The van der Waals surface area contributed by atoms with Crippen LogP contribution in [0.1, 0.15) is 18.7 Å². The van der Waals surface area contributed by atoms with Crippen LogP contribution in [0, 0.1) is 0 Å². The van der Waals surface area contributed by atoms with Crippen molar-refractivity contribution in [2.24, 2.45) is 0 Å². The number of hydrogen-bond acceptors (Lipinski definition) is 9. The molecule has 0 saturated carbocycles. The zero-order valence-electron chi connectivity index (χ0n) is 18.3. The fraction of sp³-hybridized carbons (Fsp3) is 0.273. The molecule has 4 rings (SSSR count). The Labute approximate surface area is 199 Å². The second kappa shape index (κ2) is 10.0. The lowest BCUT2D eigenvalue weighted by molar-refractivity contribution is 0.145. The highest BCUT2D eigenvalue weighted by Gasteiger charge is 2.19. The summed E-state index contributed by atoms with van der Waals surface area (Å²) in [6.45, 7) is 3.22. The normalized spacial score (nSPS) is 12.1. The Morgan fingerprint density at radius 1 is 1.00 bits per heavy atom. The Bertz CT molecular complexity index is 1370. The summed E-state index contributed by atoms with van der Waals surface area (Å²) in [5, 5.41) is 10.3. The summed E-state index contributed by atoms with van der Waals surface area (Å²) in [6, 6.07) is 10.1. The highest BCUT2D eigenvalue weighted by atomic mass is 32.2. The molecule has 8 nitrogen and oxygen atoms in total. The molecule has 0 unspecified atom stereocenters. The fourth-order valence-corrected chi connectivity index (χ4v) is 4.97. The molecule has 0 spiro atoms. The first kappa shape index (κ1) is 24.0. The topological polar surface area (TPSA) is 111 Å². The highest BCUT2D eigenvalue weighted by Crippen LogP contribution is 2.30. The first-order chi connectivity index (χ1) is 16.2. The lowest BCUT2D eigenvalue weighted by atomic mass is 10.1. The van der Waals surface area contributed by atoms with E-state index in [1.807, 2.05) is 6.07 Å². The van der Waals surface area contributed by atoms with Crippen LogP contribution in [0.5, 0.6) is 0 Å². The van der Waals surface area contributed by atoms with E-state index in [0.717, 1.165) is 4.88 Å². The van der Waals surface area contributed by atoms with Gasteiger partial charge in [0.05, 0.1) is 39.7 Å². The van der Waals surface area contributed by atoms with Crippen LogP contribution in [0.25, 0.3) is 33.6 Å². The predicted molar refractivity (Wildman–Crippen MR) is 124 cm³/mol. The van der Waals surface area contributed by atoms with Gasteiger partial charge >= 0.3 is 0 Å². The first-order valence-electron chi connectivity index (χ1n) is 10.3. The molecule has 178 valence electrons. The summed E-state index contributed by atoms with van der Waals surface area (Å²) in [5.41, 5.74) is 1.58. The van der Waals surface area contributed by atoms with Gasteiger partial charge in [-0.15, -0.1) is 21.5 Å². The predicted octanol–water partition coefficient (Wildman–Crippen LogP) is 4.46. The SMILES string of the molecule is CC(C)S(=O)(=O)c1ccc(-c2cncc(-c3nnc(-c4ccc(CNCC(F)F)s4)o3)n2)cc1. The number of rotatable bonds is 9. The standard InChI is InChI=1S/C22H21F2N5O3S2/c1-13(2)34(30,31)16-6-3-14(4-7-16)17-10-26-11-18(27-17)21-28-29-22(32-21)19-8-5-15(33-19)9-25-12-20(23)24/h3-8,10-11,13,20,25H,9,12H2,1-2H3. The van der Waals surface area contributed by atoms with Gasteiger partial charge in [0.1, 0.15) is 5.69 Å². The van der Waals surface area contributed by atoms with Crippen molar-refractivity contribution in [3.63, 3.8) is 0 Å². The Kier molecular flexibility index (Phi) is 7.10. The zero-order chi connectivity index (χ0) is 24.3. The van der Waals surface area contributed by atoms with Crippen molar-refractivity contribution >= 4 is 21.2 Å². The van der Waals surface area contributed by atoms with Gasteiger partial charge < -0.3 is 9.73 Å². The van der Waals surface area contributed by atoms with Gasteiger partial charge in [-0.2, -0.15) is 0 Å². The van der Waals surface area contributed by atoms with Crippen molar-refractivity contribution in [2.75, 3.05) is 6.54 Å². The smallest absolute Gasteiger partial charge is 0.268 e. The maximum Gasteiger partial charge on any atom is 0.268 e. The van der Waals surface area contributed by atoms with Gasteiger partial charge in [0.25, 0.3) is 18.2 Å². The maximum absolute atomic E-state index is 12.3. The van der Waals surface area contributed by atoms with Crippen LogP contribution in [-0.2, 0) is 16.4 Å². The average molecular weight is 506 g/mol. The van der Waals surface area contributed by atoms with Gasteiger partial charge in [-0.3, -0.25) is 4.98 Å². The molecule has 12 heteroatoms. The Balaban J connectivity index is 1.52. The fourth-order valence-electron chi connectivity index (χ4n) is 3.01. The van der Waals surface area contributed by atoms with Crippen LogP contribution in [-0.4, -0.2) is 46.8 Å². The molecular formula is C22H21F2N5O3S2. The quantitative estimate of drug-likeness (QED) is 0.355. The van der Waals surface area contributed by atoms with Crippen molar-refractivity contribution in [3.05, 3.63) is 53.7 Å². The monoisotopic (exact) mass is 505 g/mol. The molecule has 0 fully saturated rings. The van der Waals surface area contributed by atoms with Crippen molar-refractivity contribution in [1.82, 2.24) is 25.5 Å². The zero-order valence-corrected chi connectivity index (χ0v) is 19.9. The van der Waals surface area contributed by atoms with Gasteiger partial charge in [-0.05, 0) is 38.1 Å². The van der Waals surface area contributed by atoms with Gasteiger partial charge in [0.2, 0.25) is 0 Å². The van der Waals surface area contributed by atoms with E-state index in [1.54, 1.807) is 50.4 Å². The molecule has 3 heterocycles. The van der Waals surface area contributed by atoms with Gasteiger partial charge in [-0.25, -0.2) is 22.2 Å². The van der Waals surface area contributed by atoms with Crippen molar-refractivity contribution in [1.29, 1.82) is 0 Å². The van der Waals surface area contributed by atoms with E-state index in [1.165, 1.54) is 17.5 Å². The molecule has 0 bridgehead atoms. The number of hydrogen-bond donors (Lipinski definition) is 1. The molecule has 0 aliphatic rings. The Morgan fingerprint density at radius 2 is 1.71 bits per heavy atom. The van der Waals surface area contributed by atoms with Crippen LogP contribution < -0.4 is 5.32 Å². The summed E-state index contributed by atoms with van der Waals surface area (Å²) < 4.78 is 55.0. The van der Waals surface area contributed by atoms with Crippen molar-refractivity contribution in [2.45, 2.75) is 37.0 Å². The van der Waals surface area contributed by atoms with Crippen LogP contribution >= 0.6 is 11.3 Å². The molecule has 0 amide bonds. The van der Waals surface area contributed by atoms with E-state index in [2.05, 4.69) is 25.5 Å².